The van der Waals surface area contributed by atoms with Crippen molar-refractivity contribution in [2.75, 3.05) is 31.6 Å². The molecule has 2 aliphatic heterocycles. The van der Waals surface area contributed by atoms with Crippen LogP contribution in [0.25, 0.3) is 0 Å². The van der Waals surface area contributed by atoms with Gasteiger partial charge in [0.15, 0.2) is 0 Å². The minimum Gasteiger partial charge on any atom is -0.462 e. The van der Waals surface area contributed by atoms with Crippen molar-refractivity contribution in [2.45, 2.75) is 50.6 Å². The minimum absolute atomic E-state index is 0.179. The fourth-order valence-corrected chi connectivity index (χ4v) is 7.94. The van der Waals surface area contributed by atoms with E-state index in [9.17, 15) is 18.0 Å². The fraction of sp³-hybridized carbons (Fsp3) is 0.379. The predicted molar refractivity (Wildman–Crippen MR) is 152 cm³/mol. The van der Waals surface area contributed by atoms with Crippen molar-refractivity contribution in [3.05, 3.63) is 81.7 Å². The van der Waals surface area contributed by atoms with Gasteiger partial charge in [-0.3, -0.25) is 9.69 Å². The lowest BCUT2D eigenvalue weighted by Crippen LogP contribution is -2.35. The van der Waals surface area contributed by atoms with Crippen LogP contribution in [0.1, 0.15) is 62.9 Å². The van der Waals surface area contributed by atoms with Crippen LogP contribution in [0.3, 0.4) is 0 Å². The molecule has 1 aromatic heterocycles. The highest BCUT2D eigenvalue weighted by Gasteiger charge is 2.30. The Labute approximate surface area is 233 Å². The summed E-state index contributed by atoms with van der Waals surface area (Å²) in [5.74, 6) is -0.841. The van der Waals surface area contributed by atoms with Gasteiger partial charge in [0.1, 0.15) is 5.00 Å². The molecule has 1 N–H and O–H groups in total. The number of sulfonamides is 1. The maximum atomic E-state index is 13.2. The Morgan fingerprint density at radius 1 is 0.974 bits per heavy atom. The van der Waals surface area contributed by atoms with Crippen molar-refractivity contribution in [1.29, 1.82) is 0 Å². The molecule has 5 rings (SSSR count). The van der Waals surface area contributed by atoms with E-state index in [-0.39, 0.29) is 11.5 Å². The van der Waals surface area contributed by atoms with Gasteiger partial charge in [0.2, 0.25) is 10.0 Å². The Balaban J connectivity index is 1.34. The summed E-state index contributed by atoms with van der Waals surface area (Å²) in [5, 5.41) is 3.38. The summed E-state index contributed by atoms with van der Waals surface area (Å²) in [6.07, 6.45) is 3.44. The van der Waals surface area contributed by atoms with E-state index in [2.05, 4.69) is 22.3 Å². The molecule has 206 valence electrons. The molecule has 0 bridgehead atoms. The topological polar surface area (TPSA) is 96.0 Å². The number of amides is 1. The zero-order valence-corrected chi connectivity index (χ0v) is 23.7. The minimum atomic E-state index is -3.58. The fourth-order valence-electron chi connectivity index (χ4n) is 5.15. The molecule has 0 unspecified atom stereocenters. The number of nitrogens with one attached hydrogen (secondary N) is 1. The summed E-state index contributed by atoms with van der Waals surface area (Å²) < 4.78 is 32.8. The van der Waals surface area contributed by atoms with Crippen LogP contribution in [0, 0.1) is 0 Å². The highest BCUT2D eigenvalue weighted by atomic mass is 32.2. The molecule has 3 heterocycles. The van der Waals surface area contributed by atoms with Gasteiger partial charge in [-0.15, -0.1) is 11.3 Å². The summed E-state index contributed by atoms with van der Waals surface area (Å²) in [6, 6.07) is 16.2. The molecule has 0 radical (unpaired) electrons. The summed E-state index contributed by atoms with van der Waals surface area (Å²) in [4.78, 5) is 29.7. The lowest BCUT2D eigenvalue weighted by molar-refractivity contribution is 0.0526. The number of rotatable bonds is 8. The molecule has 3 aromatic rings. The van der Waals surface area contributed by atoms with Crippen LogP contribution in [-0.4, -0.2) is 55.7 Å². The Bertz CT molecular complexity index is 1430. The number of anilines is 1. The number of ether oxygens (including phenoxy) is 1. The summed E-state index contributed by atoms with van der Waals surface area (Å²) >= 11 is 1.40. The molecule has 8 nitrogen and oxygen atoms in total. The zero-order chi connectivity index (χ0) is 27.4. The number of nitrogens with zero attached hydrogens (tertiary/aromatic N) is 2. The maximum Gasteiger partial charge on any atom is 0.341 e. The standard InChI is InChI=1S/C29H33N3O5S2/c1-2-37-29(34)26-24-15-18-31(19-21-9-5-3-6-10-21)20-25(24)38-28(26)30-27(33)22-11-13-23(14-12-22)39(35,36)32-16-7-4-8-17-32/h3,5-6,9-14H,2,4,7-8,15-20H2,1H3,(H,30,33). The summed E-state index contributed by atoms with van der Waals surface area (Å²) in [7, 11) is -3.58. The average Bonchev–Trinajstić information content (AvgIpc) is 3.31. The number of hydrogen-bond donors (Lipinski definition) is 1. The number of hydrogen-bond acceptors (Lipinski definition) is 7. The molecular formula is C29H33N3O5S2. The number of fused-ring (bicyclic) bond motifs is 1. The SMILES string of the molecule is CCOC(=O)c1c(NC(=O)c2ccc(S(=O)(=O)N3CCCCC3)cc2)sc2c1CCN(Cc1ccccc1)C2. The Hall–Kier alpha value is -3.05. The first-order valence-electron chi connectivity index (χ1n) is 13.4. The number of carbonyl (C=O) groups is 2. The molecule has 2 aromatic carbocycles. The number of benzene rings is 2. The van der Waals surface area contributed by atoms with Crippen molar-refractivity contribution in [1.82, 2.24) is 9.21 Å². The van der Waals surface area contributed by atoms with Crippen LogP contribution in [-0.2, 0) is 34.3 Å². The third-order valence-corrected chi connectivity index (χ3v) is 10.2. The van der Waals surface area contributed by atoms with Gasteiger partial charge in [-0.05, 0) is 61.6 Å². The lowest BCUT2D eigenvalue weighted by Gasteiger charge is -2.27. The average molecular weight is 568 g/mol. The highest BCUT2D eigenvalue weighted by Crippen LogP contribution is 2.38. The van der Waals surface area contributed by atoms with Crippen LogP contribution in [0.2, 0.25) is 0 Å². The van der Waals surface area contributed by atoms with Gasteiger partial charge in [0.25, 0.3) is 5.91 Å². The van der Waals surface area contributed by atoms with Crippen molar-refractivity contribution >= 4 is 38.2 Å². The number of piperidine rings is 1. The molecule has 2 aliphatic rings. The summed E-state index contributed by atoms with van der Waals surface area (Å²) in [6.45, 7) is 5.33. The normalized spacial score (nSPS) is 16.4. The van der Waals surface area contributed by atoms with E-state index in [1.54, 1.807) is 6.92 Å². The smallest absolute Gasteiger partial charge is 0.341 e. The van der Waals surface area contributed by atoms with E-state index >= 15 is 0 Å². The first-order chi connectivity index (χ1) is 18.9. The zero-order valence-electron chi connectivity index (χ0n) is 22.0. The lowest BCUT2D eigenvalue weighted by atomic mass is 10.0. The van der Waals surface area contributed by atoms with E-state index in [1.165, 1.54) is 45.5 Å². The quantitative estimate of drug-likeness (QED) is 0.389. The predicted octanol–water partition coefficient (Wildman–Crippen LogP) is 4.91. The van der Waals surface area contributed by atoms with Crippen LogP contribution in [0.4, 0.5) is 5.00 Å². The van der Waals surface area contributed by atoms with Crippen molar-refractivity contribution in [3.63, 3.8) is 0 Å². The van der Waals surface area contributed by atoms with Gasteiger partial charge in [-0.25, -0.2) is 13.2 Å². The van der Waals surface area contributed by atoms with Gasteiger partial charge in [0.05, 0.1) is 17.1 Å². The third-order valence-electron chi connectivity index (χ3n) is 7.16. The summed E-state index contributed by atoms with van der Waals surface area (Å²) in [5.41, 5.74) is 2.90. The molecule has 1 amide bonds. The second-order valence-electron chi connectivity index (χ2n) is 9.82. The van der Waals surface area contributed by atoms with Gasteiger partial charge in [-0.2, -0.15) is 4.31 Å². The molecule has 0 aliphatic carbocycles. The number of thiophene rings is 1. The molecule has 0 atom stereocenters. The second kappa shape index (κ2) is 12.0. The van der Waals surface area contributed by atoms with Gasteiger partial charge >= 0.3 is 5.97 Å². The first-order valence-corrected chi connectivity index (χ1v) is 15.6. The van der Waals surface area contributed by atoms with Crippen LogP contribution in [0.5, 0.6) is 0 Å². The molecule has 0 saturated carbocycles. The molecule has 39 heavy (non-hydrogen) atoms. The van der Waals surface area contributed by atoms with Crippen LogP contribution in [0.15, 0.2) is 59.5 Å². The van der Waals surface area contributed by atoms with Crippen molar-refractivity contribution < 1.29 is 22.7 Å². The van der Waals surface area contributed by atoms with Crippen LogP contribution < -0.4 is 5.32 Å². The second-order valence-corrected chi connectivity index (χ2v) is 12.9. The largest absolute Gasteiger partial charge is 0.462 e. The molecule has 10 heteroatoms. The van der Waals surface area contributed by atoms with E-state index in [4.69, 9.17) is 4.74 Å². The molecular weight excluding hydrogens is 534 g/mol. The number of esters is 1. The van der Waals surface area contributed by atoms with Gasteiger partial charge < -0.3 is 10.1 Å². The monoisotopic (exact) mass is 567 g/mol. The Morgan fingerprint density at radius 3 is 2.38 bits per heavy atom. The van der Waals surface area contributed by atoms with E-state index in [0.29, 0.717) is 42.2 Å². The Morgan fingerprint density at radius 2 is 1.69 bits per heavy atom. The first kappa shape index (κ1) is 27.5. The van der Waals surface area contributed by atoms with E-state index < -0.39 is 21.9 Å². The van der Waals surface area contributed by atoms with E-state index in [1.807, 2.05) is 18.2 Å². The third kappa shape index (κ3) is 6.09. The van der Waals surface area contributed by atoms with Crippen LogP contribution >= 0.6 is 11.3 Å². The Kier molecular flexibility index (Phi) is 8.46. The molecule has 1 saturated heterocycles. The van der Waals surface area contributed by atoms with Crippen molar-refractivity contribution in [3.8, 4) is 0 Å². The molecule has 0 spiro atoms. The number of carbonyl (C=O) groups excluding carboxylic acids is 2. The van der Waals surface area contributed by atoms with Gasteiger partial charge in [-0.1, -0.05) is 36.8 Å². The van der Waals surface area contributed by atoms with E-state index in [0.717, 1.165) is 42.8 Å². The maximum absolute atomic E-state index is 13.2. The van der Waals surface area contributed by atoms with Gasteiger partial charge in [0, 0.05) is 43.2 Å². The highest BCUT2D eigenvalue weighted by molar-refractivity contribution is 7.89. The molecule has 1 fully saturated rings. The van der Waals surface area contributed by atoms with Crippen molar-refractivity contribution in [2.24, 2.45) is 0 Å².